The second-order valence-electron chi connectivity index (χ2n) is 5.95. The van der Waals surface area contributed by atoms with Gasteiger partial charge in [0.2, 0.25) is 0 Å². The van der Waals surface area contributed by atoms with Gasteiger partial charge in [-0.2, -0.15) is 0 Å². The van der Waals surface area contributed by atoms with Gasteiger partial charge in [0.1, 0.15) is 16.8 Å². The van der Waals surface area contributed by atoms with Crippen LogP contribution in [-0.4, -0.2) is 23.3 Å². The molecular formula is C16H20ClNO2S. The maximum absolute atomic E-state index is 6.19. The minimum Gasteiger partial charge on any atom is -0.489 e. The fourth-order valence-electron chi connectivity index (χ4n) is 3.47. The van der Waals surface area contributed by atoms with Gasteiger partial charge in [-0.1, -0.05) is 42.7 Å². The third-order valence-electron chi connectivity index (χ3n) is 4.48. The third-order valence-corrected chi connectivity index (χ3v) is 5.00. The zero-order valence-corrected chi connectivity index (χ0v) is 13.5. The molecule has 2 fully saturated rings. The largest absolute Gasteiger partial charge is 0.489 e. The molecule has 0 amide bonds. The lowest BCUT2D eigenvalue weighted by Gasteiger charge is -2.38. The summed E-state index contributed by atoms with van der Waals surface area (Å²) < 4.78 is 12.2. The van der Waals surface area contributed by atoms with Gasteiger partial charge in [0.05, 0.1) is 22.8 Å². The molecule has 3 nitrogen and oxygen atoms in total. The minimum absolute atomic E-state index is 0.0326. The zero-order valence-electron chi connectivity index (χ0n) is 11.9. The van der Waals surface area contributed by atoms with Gasteiger partial charge in [0, 0.05) is 12.8 Å². The Labute approximate surface area is 135 Å². The van der Waals surface area contributed by atoms with Crippen LogP contribution in [0.25, 0.3) is 0 Å². The molecule has 0 aromatic heterocycles. The topological polar surface area (TPSA) is 44.5 Å². The van der Waals surface area contributed by atoms with E-state index in [9.17, 15) is 0 Å². The number of ether oxygens (including phenoxy) is 2. The quantitative estimate of drug-likeness (QED) is 0.857. The molecule has 0 radical (unpaired) electrons. The average Bonchev–Trinajstić information content (AvgIpc) is 2.86. The van der Waals surface area contributed by atoms with Gasteiger partial charge in [0.15, 0.2) is 0 Å². The van der Waals surface area contributed by atoms with Gasteiger partial charge in [-0.3, -0.25) is 0 Å². The highest BCUT2D eigenvalue weighted by molar-refractivity contribution is 7.80. The number of halogens is 1. The van der Waals surface area contributed by atoms with Crippen molar-refractivity contribution in [1.29, 1.82) is 0 Å². The Bertz CT molecular complexity index is 543. The molecule has 114 valence electrons. The second-order valence-corrected chi connectivity index (χ2v) is 6.80. The van der Waals surface area contributed by atoms with E-state index in [-0.39, 0.29) is 16.7 Å². The van der Waals surface area contributed by atoms with Crippen molar-refractivity contribution in [1.82, 2.24) is 0 Å². The summed E-state index contributed by atoms with van der Waals surface area (Å²) in [5, 5.41) is 0.544. The van der Waals surface area contributed by atoms with Crippen LogP contribution in [0.15, 0.2) is 18.2 Å². The van der Waals surface area contributed by atoms with Gasteiger partial charge in [0.25, 0.3) is 0 Å². The standard InChI is InChI=1S/C16H20ClNO2S/c17-12-4-3-5-13(14(12)15(18)21)20-11-6-9-19-16(10-11)7-1-2-8-16/h3-5,11H,1-2,6-10H2,(H2,18,21). The van der Waals surface area contributed by atoms with Gasteiger partial charge in [-0.05, 0) is 25.0 Å². The summed E-state index contributed by atoms with van der Waals surface area (Å²) >= 11 is 11.3. The van der Waals surface area contributed by atoms with Gasteiger partial charge in [-0.15, -0.1) is 0 Å². The lowest BCUT2D eigenvalue weighted by atomic mass is 9.90. The van der Waals surface area contributed by atoms with E-state index in [1.54, 1.807) is 6.07 Å². The van der Waals surface area contributed by atoms with E-state index < -0.39 is 0 Å². The Morgan fingerprint density at radius 3 is 2.86 bits per heavy atom. The van der Waals surface area contributed by atoms with Gasteiger partial charge in [-0.25, -0.2) is 0 Å². The van der Waals surface area contributed by atoms with Crippen LogP contribution in [0.1, 0.15) is 44.1 Å². The zero-order chi connectivity index (χ0) is 14.9. The fourth-order valence-corrected chi connectivity index (χ4v) is 4.01. The summed E-state index contributed by atoms with van der Waals surface area (Å²) in [5.41, 5.74) is 6.45. The number of hydrogen-bond donors (Lipinski definition) is 1. The predicted molar refractivity (Wildman–Crippen MR) is 88.1 cm³/mol. The van der Waals surface area contributed by atoms with Crippen LogP contribution in [0, 0.1) is 0 Å². The van der Waals surface area contributed by atoms with Crippen molar-refractivity contribution < 1.29 is 9.47 Å². The molecule has 1 saturated carbocycles. The van der Waals surface area contributed by atoms with E-state index in [4.69, 9.17) is 39.0 Å². The Balaban J connectivity index is 1.77. The molecule has 5 heteroatoms. The third kappa shape index (κ3) is 3.17. The highest BCUT2D eigenvalue weighted by atomic mass is 35.5. The van der Waals surface area contributed by atoms with Crippen LogP contribution in [0.5, 0.6) is 5.75 Å². The molecule has 1 aliphatic carbocycles. The van der Waals surface area contributed by atoms with Crippen molar-refractivity contribution in [2.45, 2.75) is 50.2 Å². The molecule has 1 aromatic rings. The maximum atomic E-state index is 6.19. The number of hydrogen-bond acceptors (Lipinski definition) is 3. The first-order chi connectivity index (χ1) is 10.1. The summed E-state index contributed by atoms with van der Waals surface area (Å²) in [6.07, 6.45) is 6.77. The summed E-state index contributed by atoms with van der Waals surface area (Å²) in [4.78, 5) is 0.276. The summed E-state index contributed by atoms with van der Waals surface area (Å²) in [5.74, 6) is 0.690. The molecule has 1 unspecified atom stereocenters. The van der Waals surface area contributed by atoms with Crippen LogP contribution < -0.4 is 10.5 Å². The Kier molecular flexibility index (Phi) is 4.38. The molecule has 1 spiro atoms. The highest BCUT2D eigenvalue weighted by Crippen LogP contribution is 2.41. The molecule has 1 aliphatic heterocycles. The second kappa shape index (κ2) is 6.11. The number of benzene rings is 1. The van der Waals surface area contributed by atoms with Crippen molar-refractivity contribution >= 4 is 28.8 Å². The monoisotopic (exact) mass is 325 g/mol. The van der Waals surface area contributed by atoms with Crippen LogP contribution in [0.4, 0.5) is 0 Å². The van der Waals surface area contributed by atoms with Crippen molar-refractivity contribution in [2.75, 3.05) is 6.61 Å². The maximum Gasteiger partial charge on any atom is 0.131 e. The highest BCUT2D eigenvalue weighted by Gasteiger charge is 2.40. The van der Waals surface area contributed by atoms with Gasteiger partial charge < -0.3 is 15.2 Å². The number of rotatable bonds is 3. The molecular weight excluding hydrogens is 306 g/mol. The Morgan fingerprint density at radius 1 is 1.38 bits per heavy atom. The molecule has 2 N–H and O–H groups in total. The SMILES string of the molecule is NC(=S)c1c(Cl)cccc1OC1CCOC2(CCCC2)C1. The first-order valence-corrected chi connectivity index (χ1v) is 8.27. The van der Waals surface area contributed by atoms with Crippen molar-refractivity contribution in [3.05, 3.63) is 28.8 Å². The van der Waals surface area contributed by atoms with E-state index >= 15 is 0 Å². The van der Waals surface area contributed by atoms with Gasteiger partial charge >= 0.3 is 0 Å². The summed E-state index contributed by atoms with van der Waals surface area (Å²) in [7, 11) is 0. The number of nitrogens with two attached hydrogens (primary N) is 1. The molecule has 21 heavy (non-hydrogen) atoms. The molecule has 3 rings (SSSR count). The molecule has 1 aromatic carbocycles. The minimum atomic E-state index is 0.0326. The Morgan fingerprint density at radius 2 is 2.14 bits per heavy atom. The van der Waals surface area contributed by atoms with Crippen LogP contribution in [-0.2, 0) is 4.74 Å². The van der Waals surface area contributed by atoms with E-state index in [0.717, 1.165) is 32.3 Å². The predicted octanol–water partition coefficient (Wildman–Crippen LogP) is 3.84. The van der Waals surface area contributed by atoms with E-state index in [1.807, 2.05) is 12.1 Å². The van der Waals surface area contributed by atoms with Crippen molar-refractivity contribution in [3.63, 3.8) is 0 Å². The van der Waals surface area contributed by atoms with E-state index in [1.165, 1.54) is 12.8 Å². The lowest BCUT2D eigenvalue weighted by molar-refractivity contribution is -0.108. The molecule has 2 aliphatic rings. The Hall–Kier alpha value is -0.840. The molecule has 1 saturated heterocycles. The average molecular weight is 326 g/mol. The van der Waals surface area contributed by atoms with E-state index in [0.29, 0.717) is 16.3 Å². The fraction of sp³-hybridized carbons (Fsp3) is 0.562. The van der Waals surface area contributed by atoms with Crippen molar-refractivity contribution in [3.8, 4) is 5.75 Å². The normalized spacial score (nSPS) is 24.1. The summed E-state index contributed by atoms with van der Waals surface area (Å²) in [6.45, 7) is 0.758. The first kappa shape index (κ1) is 15.1. The van der Waals surface area contributed by atoms with Crippen LogP contribution in [0.3, 0.4) is 0 Å². The molecule has 1 heterocycles. The van der Waals surface area contributed by atoms with Crippen LogP contribution in [0.2, 0.25) is 5.02 Å². The summed E-state index contributed by atoms with van der Waals surface area (Å²) in [6, 6.07) is 5.53. The molecule has 1 atom stereocenters. The first-order valence-electron chi connectivity index (χ1n) is 7.49. The molecule has 0 bridgehead atoms. The smallest absolute Gasteiger partial charge is 0.131 e. The number of thiocarbonyl (C=S) groups is 1. The van der Waals surface area contributed by atoms with E-state index in [2.05, 4.69) is 0 Å². The van der Waals surface area contributed by atoms with Crippen molar-refractivity contribution in [2.24, 2.45) is 5.73 Å². The van der Waals surface area contributed by atoms with Crippen LogP contribution >= 0.6 is 23.8 Å². The lowest BCUT2D eigenvalue weighted by Crippen LogP contribution is -2.41.